The van der Waals surface area contributed by atoms with E-state index in [1.165, 1.54) is 0 Å². The first-order valence-electron chi connectivity index (χ1n) is 6.92. The van der Waals surface area contributed by atoms with E-state index < -0.39 is 0 Å². The Morgan fingerprint density at radius 2 is 1.71 bits per heavy atom. The SMILES string of the molecule is CC(C)N1CCN(C(=O)C2CCNCC2)CC1. The number of rotatable bonds is 2. The largest absolute Gasteiger partial charge is 0.340 e. The maximum atomic E-state index is 12.3. The summed E-state index contributed by atoms with van der Waals surface area (Å²) in [6, 6.07) is 0.603. The van der Waals surface area contributed by atoms with E-state index in [1.54, 1.807) is 0 Å². The molecule has 1 amide bonds. The Kier molecular flexibility index (Phi) is 4.40. The van der Waals surface area contributed by atoms with Crippen molar-refractivity contribution in [3.63, 3.8) is 0 Å². The lowest BCUT2D eigenvalue weighted by molar-refractivity contribution is -0.138. The summed E-state index contributed by atoms with van der Waals surface area (Å²) in [5.74, 6) is 0.678. The molecule has 0 aliphatic carbocycles. The highest BCUT2D eigenvalue weighted by Crippen LogP contribution is 2.17. The van der Waals surface area contributed by atoms with Crippen molar-refractivity contribution in [1.82, 2.24) is 15.1 Å². The zero-order chi connectivity index (χ0) is 12.3. The van der Waals surface area contributed by atoms with E-state index in [2.05, 4.69) is 29.0 Å². The van der Waals surface area contributed by atoms with Crippen LogP contribution in [-0.4, -0.2) is 61.0 Å². The molecule has 0 aromatic rings. The Balaban J connectivity index is 1.81. The van der Waals surface area contributed by atoms with Crippen LogP contribution >= 0.6 is 0 Å². The van der Waals surface area contributed by atoms with Gasteiger partial charge in [-0.25, -0.2) is 0 Å². The maximum Gasteiger partial charge on any atom is 0.225 e. The molecule has 0 bridgehead atoms. The van der Waals surface area contributed by atoms with Gasteiger partial charge in [0.2, 0.25) is 5.91 Å². The van der Waals surface area contributed by atoms with Crippen LogP contribution in [0.25, 0.3) is 0 Å². The van der Waals surface area contributed by atoms with Crippen LogP contribution in [0.5, 0.6) is 0 Å². The van der Waals surface area contributed by atoms with Gasteiger partial charge in [0.05, 0.1) is 0 Å². The number of hydrogen-bond donors (Lipinski definition) is 1. The summed E-state index contributed by atoms with van der Waals surface area (Å²) in [6.07, 6.45) is 2.03. The predicted molar refractivity (Wildman–Crippen MR) is 68.9 cm³/mol. The van der Waals surface area contributed by atoms with Crippen molar-refractivity contribution in [2.24, 2.45) is 5.92 Å². The summed E-state index contributed by atoms with van der Waals surface area (Å²) < 4.78 is 0. The van der Waals surface area contributed by atoms with Crippen molar-refractivity contribution in [3.8, 4) is 0 Å². The first kappa shape index (κ1) is 12.8. The molecule has 0 radical (unpaired) electrons. The number of carbonyl (C=O) groups is 1. The van der Waals surface area contributed by atoms with Crippen LogP contribution in [0.15, 0.2) is 0 Å². The minimum Gasteiger partial charge on any atom is -0.340 e. The van der Waals surface area contributed by atoms with Crippen LogP contribution in [0.3, 0.4) is 0 Å². The van der Waals surface area contributed by atoms with E-state index in [4.69, 9.17) is 0 Å². The standard InChI is InChI=1S/C13H25N3O/c1-11(2)15-7-9-16(10-8-15)13(17)12-3-5-14-6-4-12/h11-12,14H,3-10H2,1-2H3. The molecule has 2 rings (SSSR count). The van der Waals surface area contributed by atoms with Crippen LogP contribution in [0.2, 0.25) is 0 Å². The Hall–Kier alpha value is -0.610. The fourth-order valence-electron chi connectivity index (χ4n) is 2.79. The minimum absolute atomic E-state index is 0.279. The van der Waals surface area contributed by atoms with E-state index in [1.807, 2.05) is 0 Å². The molecule has 2 saturated heterocycles. The summed E-state index contributed by atoms with van der Waals surface area (Å²) >= 11 is 0. The number of hydrogen-bond acceptors (Lipinski definition) is 3. The van der Waals surface area contributed by atoms with Gasteiger partial charge in [0, 0.05) is 38.1 Å². The zero-order valence-corrected chi connectivity index (χ0v) is 11.1. The van der Waals surface area contributed by atoms with Gasteiger partial charge in [-0.3, -0.25) is 9.69 Å². The second kappa shape index (κ2) is 5.83. The third-order valence-electron chi connectivity index (χ3n) is 4.04. The molecule has 2 aliphatic heterocycles. The molecule has 4 nitrogen and oxygen atoms in total. The summed E-state index contributed by atoms with van der Waals surface area (Å²) in [6.45, 7) is 10.4. The average molecular weight is 239 g/mol. The van der Waals surface area contributed by atoms with Crippen molar-refractivity contribution in [2.75, 3.05) is 39.3 Å². The van der Waals surface area contributed by atoms with Crippen molar-refractivity contribution >= 4 is 5.91 Å². The van der Waals surface area contributed by atoms with E-state index in [9.17, 15) is 4.79 Å². The minimum atomic E-state index is 0.279. The average Bonchev–Trinajstić information content (AvgIpc) is 2.39. The highest BCUT2D eigenvalue weighted by molar-refractivity contribution is 5.79. The second-order valence-corrected chi connectivity index (χ2v) is 5.48. The van der Waals surface area contributed by atoms with Crippen LogP contribution in [0.1, 0.15) is 26.7 Å². The summed E-state index contributed by atoms with van der Waals surface area (Å²) in [4.78, 5) is 16.8. The van der Waals surface area contributed by atoms with Crippen molar-refractivity contribution in [2.45, 2.75) is 32.7 Å². The fourth-order valence-corrected chi connectivity index (χ4v) is 2.79. The predicted octanol–water partition coefficient (Wildman–Crippen LogP) is 0.539. The van der Waals surface area contributed by atoms with E-state index in [0.717, 1.165) is 52.1 Å². The molecular weight excluding hydrogens is 214 g/mol. The molecule has 0 unspecified atom stereocenters. The lowest BCUT2D eigenvalue weighted by Gasteiger charge is -2.38. The third-order valence-corrected chi connectivity index (χ3v) is 4.04. The lowest BCUT2D eigenvalue weighted by Crippen LogP contribution is -2.52. The molecule has 1 N–H and O–H groups in total. The Morgan fingerprint density at radius 3 is 2.24 bits per heavy atom. The lowest BCUT2D eigenvalue weighted by atomic mass is 9.96. The molecule has 0 atom stereocenters. The zero-order valence-electron chi connectivity index (χ0n) is 11.1. The van der Waals surface area contributed by atoms with Gasteiger partial charge in [0.15, 0.2) is 0 Å². The van der Waals surface area contributed by atoms with Crippen LogP contribution in [0.4, 0.5) is 0 Å². The van der Waals surface area contributed by atoms with E-state index in [-0.39, 0.29) is 5.92 Å². The van der Waals surface area contributed by atoms with E-state index in [0.29, 0.717) is 11.9 Å². The number of carbonyl (C=O) groups excluding carboxylic acids is 1. The Bertz CT molecular complexity index is 253. The molecule has 0 aromatic carbocycles. The first-order valence-corrected chi connectivity index (χ1v) is 6.92. The molecule has 4 heteroatoms. The summed E-state index contributed by atoms with van der Waals surface area (Å²) in [5, 5.41) is 3.32. The van der Waals surface area contributed by atoms with Crippen molar-refractivity contribution in [1.29, 1.82) is 0 Å². The molecular formula is C13H25N3O. The Labute approximate surface area is 104 Å². The number of amides is 1. The number of piperazine rings is 1. The topological polar surface area (TPSA) is 35.6 Å². The van der Waals surface area contributed by atoms with Crippen LogP contribution in [-0.2, 0) is 4.79 Å². The van der Waals surface area contributed by atoms with Gasteiger partial charge in [-0.15, -0.1) is 0 Å². The number of nitrogens with zero attached hydrogens (tertiary/aromatic N) is 2. The number of nitrogens with one attached hydrogen (secondary N) is 1. The van der Waals surface area contributed by atoms with Crippen LogP contribution < -0.4 is 5.32 Å². The van der Waals surface area contributed by atoms with Crippen molar-refractivity contribution < 1.29 is 4.79 Å². The van der Waals surface area contributed by atoms with Gasteiger partial charge >= 0.3 is 0 Å². The molecule has 98 valence electrons. The highest BCUT2D eigenvalue weighted by atomic mass is 16.2. The number of piperidine rings is 1. The molecule has 0 saturated carbocycles. The van der Waals surface area contributed by atoms with Gasteiger partial charge in [-0.05, 0) is 39.8 Å². The first-order chi connectivity index (χ1) is 8.18. The summed E-state index contributed by atoms with van der Waals surface area (Å²) in [5.41, 5.74) is 0. The quantitative estimate of drug-likeness (QED) is 0.764. The second-order valence-electron chi connectivity index (χ2n) is 5.48. The van der Waals surface area contributed by atoms with Gasteiger partial charge in [-0.1, -0.05) is 0 Å². The Morgan fingerprint density at radius 1 is 1.12 bits per heavy atom. The fraction of sp³-hybridized carbons (Fsp3) is 0.923. The smallest absolute Gasteiger partial charge is 0.225 e. The van der Waals surface area contributed by atoms with Gasteiger partial charge in [-0.2, -0.15) is 0 Å². The van der Waals surface area contributed by atoms with Gasteiger partial charge in [0.25, 0.3) is 0 Å². The molecule has 2 aliphatic rings. The highest BCUT2D eigenvalue weighted by Gasteiger charge is 2.28. The summed E-state index contributed by atoms with van der Waals surface area (Å²) in [7, 11) is 0. The van der Waals surface area contributed by atoms with E-state index >= 15 is 0 Å². The normalized spacial score (nSPS) is 24.3. The van der Waals surface area contributed by atoms with Gasteiger partial charge in [0.1, 0.15) is 0 Å². The maximum absolute atomic E-state index is 12.3. The molecule has 2 heterocycles. The van der Waals surface area contributed by atoms with Gasteiger partial charge < -0.3 is 10.2 Å². The van der Waals surface area contributed by atoms with Crippen LogP contribution in [0, 0.1) is 5.92 Å². The molecule has 0 aromatic heterocycles. The molecule has 0 spiro atoms. The molecule has 17 heavy (non-hydrogen) atoms. The molecule has 2 fully saturated rings. The van der Waals surface area contributed by atoms with Crippen molar-refractivity contribution in [3.05, 3.63) is 0 Å². The monoisotopic (exact) mass is 239 g/mol. The third kappa shape index (κ3) is 3.19.